The molecule has 0 bridgehead atoms. The van der Waals surface area contributed by atoms with Gasteiger partial charge in [-0.3, -0.25) is 4.79 Å². The topological polar surface area (TPSA) is 68.3 Å². The van der Waals surface area contributed by atoms with Gasteiger partial charge in [0.05, 0.1) is 24.8 Å². The molecule has 1 amide bonds. The largest absolute Gasteiger partial charge is 0.465 e. The van der Waals surface area contributed by atoms with Crippen molar-refractivity contribution in [2.24, 2.45) is 0 Å². The summed E-state index contributed by atoms with van der Waals surface area (Å²) < 4.78 is 17.6. The molecular weight excluding hydrogens is 355 g/mol. The van der Waals surface area contributed by atoms with E-state index in [2.05, 4.69) is 15.0 Å². The quantitative estimate of drug-likeness (QED) is 0.691. The molecule has 3 aromatic rings. The van der Waals surface area contributed by atoms with E-state index in [0.717, 1.165) is 11.1 Å². The summed E-state index contributed by atoms with van der Waals surface area (Å²) in [7, 11) is 1.33. The zero-order chi connectivity index (χ0) is 18.5. The predicted molar refractivity (Wildman–Crippen MR) is 97.6 cm³/mol. The fourth-order valence-electron chi connectivity index (χ4n) is 2.31. The second-order valence-corrected chi connectivity index (χ2v) is 6.32. The number of nitrogens with zero attached hydrogens (tertiary/aromatic N) is 1. The van der Waals surface area contributed by atoms with Crippen molar-refractivity contribution in [1.29, 1.82) is 0 Å². The molecular formula is C19H15FN2O3S. The van der Waals surface area contributed by atoms with Crippen molar-refractivity contribution in [2.75, 3.05) is 12.4 Å². The Hall–Kier alpha value is -3.06. The average Bonchev–Trinajstić information content (AvgIpc) is 3.11. The monoisotopic (exact) mass is 370 g/mol. The van der Waals surface area contributed by atoms with Gasteiger partial charge in [0, 0.05) is 10.9 Å². The maximum atomic E-state index is 12.9. The molecule has 0 aliphatic rings. The van der Waals surface area contributed by atoms with Crippen LogP contribution < -0.4 is 5.32 Å². The number of carbonyl (C=O) groups excluding carboxylic acids is 2. The van der Waals surface area contributed by atoms with Gasteiger partial charge in [0.1, 0.15) is 5.82 Å². The average molecular weight is 370 g/mol. The third-order valence-electron chi connectivity index (χ3n) is 3.63. The lowest BCUT2D eigenvalue weighted by Gasteiger charge is -2.02. The van der Waals surface area contributed by atoms with Crippen LogP contribution in [-0.2, 0) is 16.0 Å². The minimum absolute atomic E-state index is 0.142. The van der Waals surface area contributed by atoms with Crippen molar-refractivity contribution in [3.05, 3.63) is 70.9 Å². The summed E-state index contributed by atoms with van der Waals surface area (Å²) in [4.78, 5) is 27.9. The lowest BCUT2D eigenvalue weighted by atomic mass is 10.1. The van der Waals surface area contributed by atoms with E-state index in [4.69, 9.17) is 0 Å². The number of thiazole rings is 1. The van der Waals surface area contributed by atoms with E-state index in [1.165, 1.54) is 30.6 Å². The van der Waals surface area contributed by atoms with Crippen LogP contribution in [0.25, 0.3) is 11.3 Å². The highest BCUT2D eigenvalue weighted by molar-refractivity contribution is 7.14. The molecule has 0 saturated carbocycles. The van der Waals surface area contributed by atoms with Crippen LogP contribution in [0.15, 0.2) is 53.9 Å². The zero-order valence-corrected chi connectivity index (χ0v) is 14.7. The van der Waals surface area contributed by atoms with Crippen molar-refractivity contribution >= 4 is 28.3 Å². The van der Waals surface area contributed by atoms with Gasteiger partial charge in [-0.25, -0.2) is 14.2 Å². The zero-order valence-electron chi connectivity index (χ0n) is 13.9. The number of methoxy groups -OCH3 is 1. The van der Waals surface area contributed by atoms with Crippen LogP contribution in [-0.4, -0.2) is 24.0 Å². The number of ether oxygens (including phenoxy) is 1. The summed E-state index contributed by atoms with van der Waals surface area (Å²) in [5, 5.41) is 5.03. The van der Waals surface area contributed by atoms with Crippen LogP contribution in [0.3, 0.4) is 0 Å². The number of esters is 1. The Kier molecular flexibility index (Phi) is 5.38. The Morgan fingerprint density at radius 3 is 2.46 bits per heavy atom. The molecule has 7 heteroatoms. The number of rotatable bonds is 5. The SMILES string of the molecule is COC(=O)c1ccc(-c2csc(NC(=O)Cc3ccc(F)cc3)n2)cc1. The standard InChI is InChI=1S/C19H15FN2O3S/c1-25-18(24)14-6-4-13(5-7-14)16-11-26-19(21-16)22-17(23)10-12-2-8-15(20)9-3-12/h2-9,11H,10H2,1H3,(H,21,22,23). The third kappa shape index (κ3) is 4.31. The first-order chi connectivity index (χ1) is 12.5. The van der Waals surface area contributed by atoms with Gasteiger partial charge in [-0.2, -0.15) is 0 Å². The minimum atomic E-state index is -0.399. The lowest BCUT2D eigenvalue weighted by Crippen LogP contribution is -2.14. The van der Waals surface area contributed by atoms with Gasteiger partial charge in [-0.05, 0) is 29.8 Å². The predicted octanol–water partition coefficient (Wildman–Crippen LogP) is 3.92. The first kappa shape index (κ1) is 17.8. The van der Waals surface area contributed by atoms with Gasteiger partial charge >= 0.3 is 5.97 Å². The van der Waals surface area contributed by atoms with Gasteiger partial charge in [0.25, 0.3) is 0 Å². The Morgan fingerprint density at radius 2 is 1.81 bits per heavy atom. The Labute approximate surface area is 153 Å². The summed E-state index contributed by atoms with van der Waals surface area (Å²) in [5.41, 5.74) is 2.70. The molecule has 0 spiro atoms. The highest BCUT2D eigenvalue weighted by atomic mass is 32.1. The molecule has 0 fully saturated rings. The number of hydrogen-bond acceptors (Lipinski definition) is 5. The number of halogens is 1. The van der Waals surface area contributed by atoms with Crippen LogP contribution >= 0.6 is 11.3 Å². The molecule has 0 aliphatic heterocycles. The normalized spacial score (nSPS) is 10.4. The fourth-order valence-corrected chi connectivity index (χ4v) is 3.05. The molecule has 5 nitrogen and oxygen atoms in total. The Bertz CT molecular complexity index is 921. The highest BCUT2D eigenvalue weighted by Crippen LogP contribution is 2.25. The van der Waals surface area contributed by atoms with Crippen LogP contribution in [0.1, 0.15) is 15.9 Å². The van der Waals surface area contributed by atoms with Crippen molar-refractivity contribution in [3.8, 4) is 11.3 Å². The molecule has 3 rings (SSSR count). The summed E-state index contributed by atoms with van der Waals surface area (Å²) in [6.07, 6.45) is 0.142. The molecule has 0 aliphatic carbocycles. The highest BCUT2D eigenvalue weighted by Gasteiger charge is 2.10. The van der Waals surface area contributed by atoms with E-state index < -0.39 is 5.97 Å². The van der Waals surface area contributed by atoms with E-state index >= 15 is 0 Å². The third-order valence-corrected chi connectivity index (χ3v) is 4.39. The molecule has 0 radical (unpaired) electrons. The van der Waals surface area contributed by atoms with Crippen LogP contribution in [0, 0.1) is 5.82 Å². The number of benzene rings is 2. The number of nitrogens with one attached hydrogen (secondary N) is 1. The number of carbonyl (C=O) groups is 2. The Balaban J connectivity index is 1.64. The molecule has 0 saturated heterocycles. The van der Waals surface area contributed by atoms with Gasteiger partial charge in [-0.15, -0.1) is 11.3 Å². The molecule has 26 heavy (non-hydrogen) atoms. The summed E-state index contributed by atoms with van der Waals surface area (Å²) >= 11 is 1.31. The molecule has 0 unspecified atom stereocenters. The van der Waals surface area contributed by atoms with Gasteiger partial charge in [0.2, 0.25) is 5.91 Å². The smallest absolute Gasteiger partial charge is 0.337 e. The van der Waals surface area contributed by atoms with Gasteiger partial charge in [-0.1, -0.05) is 24.3 Å². The van der Waals surface area contributed by atoms with Crippen LogP contribution in [0.5, 0.6) is 0 Å². The second-order valence-electron chi connectivity index (χ2n) is 5.46. The maximum absolute atomic E-state index is 12.9. The number of anilines is 1. The van der Waals surface area contributed by atoms with Crippen molar-refractivity contribution < 1.29 is 18.7 Å². The summed E-state index contributed by atoms with van der Waals surface area (Å²) in [6, 6.07) is 12.7. The first-order valence-electron chi connectivity index (χ1n) is 7.74. The molecule has 1 aromatic heterocycles. The lowest BCUT2D eigenvalue weighted by molar-refractivity contribution is -0.115. The van der Waals surface area contributed by atoms with E-state index in [9.17, 15) is 14.0 Å². The molecule has 0 atom stereocenters. The minimum Gasteiger partial charge on any atom is -0.465 e. The van der Waals surface area contributed by atoms with Crippen molar-refractivity contribution in [3.63, 3.8) is 0 Å². The van der Waals surface area contributed by atoms with E-state index in [-0.39, 0.29) is 18.1 Å². The van der Waals surface area contributed by atoms with Gasteiger partial charge < -0.3 is 10.1 Å². The van der Waals surface area contributed by atoms with E-state index in [0.29, 0.717) is 16.4 Å². The van der Waals surface area contributed by atoms with Crippen LogP contribution in [0.4, 0.5) is 9.52 Å². The number of amides is 1. The van der Waals surface area contributed by atoms with Crippen LogP contribution in [0.2, 0.25) is 0 Å². The van der Waals surface area contributed by atoms with Crippen molar-refractivity contribution in [2.45, 2.75) is 6.42 Å². The van der Waals surface area contributed by atoms with Crippen molar-refractivity contribution in [1.82, 2.24) is 4.98 Å². The molecule has 2 aromatic carbocycles. The second kappa shape index (κ2) is 7.88. The van der Waals surface area contributed by atoms with Gasteiger partial charge in [0.15, 0.2) is 5.13 Å². The fraction of sp³-hybridized carbons (Fsp3) is 0.105. The molecule has 1 N–H and O–H groups in total. The first-order valence-corrected chi connectivity index (χ1v) is 8.61. The number of aromatic nitrogens is 1. The molecule has 1 heterocycles. The number of hydrogen-bond donors (Lipinski definition) is 1. The van der Waals surface area contributed by atoms with E-state index in [1.54, 1.807) is 36.4 Å². The summed E-state index contributed by atoms with van der Waals surface area (Å²) in [5.74, 6) is -0.959. The van der Waals surface area contributed by atoms with E-state index in [1.807, 2.05) is 5.38 Å². The molecule has 132 valence electrons. The maximum Gasteiger partial charge on any atom is 0.337 e. The summed E-state index contributed by atoms with van der Waals surface area (Å²) in [6.45, 7) is 0. The Morgan fingerprint density at radius 1 is 1.12 bits per heavy atom.